The first-order chi connectivity index (χ1) is 15.3. The van der Waals surface area contributed by atoms with E-state index < -0.39 is 0 Å². The van der Waals surface area contributed by atoms with Crippen LogP contribution in [-0.4, -0.2) is 35.5 Å². The van der Waals surface area contributed by atoms with Crippen molar-refractivity contribution in [1.29, 1.82) is 0 Å². The first-order valence-corrected chi connectivity index (χ1v) is 13.8. The summed E-state index contributed by atoms with van der Waals surface area (Å²) in [4.78, 5) is 0. The highest BCUT2D eigenvalue weighted by molar-refractivity contribution is 5.33. The van der Waals surface area contributed by atoms with Crippen LogP contribution < -0.4 is 5.32 Å². The Morgan fingerprint density at radius 1 is 1.16 bits per heavy atom. The lowest BCUT2D eigenvalue weighted by Gasteiger charge is -2.52. The maximum Gasteiger partial charge on any atom is 0.0741 e. The summed E-state index contributed by atoms with van der Waals surface area (Å²) in [5, 5.41) is 14.1. The molecule has 4 aliphatic carbocycles. The van der Waals surface area contributed by atoms with Gasteiger partial charge in [-0.2, -0.15) is 0 Å². The molecule has 0 aromatic carbocycles. The van der Waals surface area contributed by atoms with Crippen LogP contribution in [0, 0.1) is 35.0 Å². The van der Waals surface area contributed by atoms with Crippen molar-refractivity contribution in [3.63, 3.8) is 0 Å². The Morgan fingerprint density at radius 3 is 2.84 bits per heavy atom. The van der Waals surface area contributed by atoms with Crippen molar-refractivity contribution in [3.8, 4) is 0 Å². The number of allylic oxidation sites excluding steroid dienone is 2. The molecule has 6 rings (SSSR count). The summed E-state index contributed by atoms with van der Waals surface area (Å²) in [6.45, 7) is 11.0. The molecule has 10 atom stereocenters. The van der Waals surface area contributed by atoms with Crippen LogP contribution >= 0.6 is 0 Å². The maximum absolute atomic E-state index is 10.3. The van der Waals surface area contributed by atoms with E-state index in [1.165, 1.54) is 44.9 Å². The molecule has 1 spiro atoms. The summed E-state index contributed by atoms with van der Waals surface area (Å²) < 4.78 is 7.09. The molecule has 32 heavy (non-hydrogen) atoms. The number of ether oxygens (including phenoxy) is 1. The van der Waals surface area contributed by atoms with Crippen LogP contribution in [0.3, 0.4) is 0 Å². The van der Waals surface area contributed by atoms with Gasteiger partial charge in [0.15, 0.2) is 0 Å². The van der Waals surface area contributed by atoms with Gasteiger partial charge in [0.25, 0.3) is 0 Å². The average molecular weight is 440 g/mol. The highest BCUT2D eigenvalue weighted by Crippen LogP contribution is 2.63. The molecule has 2 heterocycles. The van der Waals surface area contributed by atoms with Crippen LogP contribution in [0.2, 0.25) is 0 Å². The Morgan fingerprint density at radius 2 is 2.00 bits per heavy atom. The standard InChI is InChI=1S/C29H45NO2/c1-17-11-26-27(30-16-17)19(3)15-29(32-26)10-8-22-23-6-5-20-12-21(31)7-9-28(20,4)25(23)13-24(22)18(2)14-29/h5,17,19,21-23,25-27,30-31H,6-16H2,1-4H3/t17-,19-,21-,22-,23-,25-,26+,27-,28-,29-/m0/s1. The van der Waals surface area contributed by atoms with Gasteiger partial charge in [0.1, 0.15) is 0 Å². The van der Waals surface area contributed by atoms with Crippen LogP contribution in [0.25, 0.3) is 0 Å². The predicted molar refractivity (Wildman–Crippen MR) is 129 cm³/mol. The SMILES string of the molecule is CC1=C2C[C@H]3[C@@H](CC=C4C[C@@H](O)CC[C@@]43C)[C@@H]2CC[C@]2(C1)C[C@H](C)[C@@H]1NC[C@@H](C)C[C@H]1O2. The third-order valence-electron chi connectivity index (χ3n) is 11.1. The minimum Gasteiger partial charge on any atom is -0.393 e. The molecular formula is C29H45NO2. The summed E-state index contributed by atoms with van der Waals surface area (Å²) >= 11 is 0. The number of hydrogen-bond acceptors (Lipinski definition) is 3. The number of fused-ring (bicyclic) bond motifs is 6. The van der Waals surface area contributed by atoms with Gasteiger partial charge in [0.05, 0.1) is 17.8 Å². The van der Waals surface area contributed by atoms with E-state index in [-0.39, 0.29) is 11.7 Å². The minimum absolute atomic E-state index is 0.0742. The van der Waals surface area contributed by atoms with Gasteiger partial charge in [-0.05, 0) is 113 Å². The van der Waals surface area contributed by atoms with E-state index in [1.807, 2.05) is 5.57 Å². The van der Waals surface area contributed by atoms with E-state index in [0.717, 1.165) is 49.5 Å². The molecular weight excluding hydrogens is 394 g/mol. The van der Waals surface area contributed by atoms with Crippen molar-refractivity contribution in [2.24, 2.45) is 35.0 Å². The van der Waals surface area contributed by atoms with Gasteiger partial charge in [-0.15, -0.1) is 0 Å². The topological polar surface area (TPSA) is 41.5 Å². The summed E-state index contributed by atoms with van der Waals surface area (Å²) in [6.07, 6.45) is 14.7. The number of aliphatic hydroxyl groups excluding tert-OH is 1. The Bertz CT molecular complexity index is 831. The van der Waals surface area contributed by atoms with Gasteiger partial charge in [0.2, 0.25) is 0 Å². The summed E-state index contributed by atoms with van der Waals surface area (Å²) in [7, 11) is 0. The normalized spacial score (nSPS) is 53.1. The molecule has 2 saturated carbocycles. The van der Waals surface area contributed by atoms with E-state index in [0.29, 0.717) is 23.5 Å². The molecule has 0 amide bonds. The second kappa shape index (κ2) is 7.68. The molecule has 0 radical (unpaired) electrons. The van der Waals surface area contributed by atoms with Crippen molar-refractivity contribution < 1.29 is 9.84 Å². The quantitative estimate of drug-likeness (QED) is 0.470. The van der Waals surface area contributed by atoms with Crippen LogP contribution in [0.5, 0.6) is 0 Å². The van der Waals surface area contributed by atoms with E-state index in [2.05, 4.69) is 39.1 Å². The lowest BCUT2D eigenvalue weighted by molar-refractivity contribution is -0.175. The molecule has 0 unspecified atom stereocenters. The van der Waals surface area contributed by atoms with Gasteiger partial charge in [0, 0.05) is 6.04 Å². The number of aliphatic hydroxyl groups is 1. The highest BCUT2D eigenvalue weighted by atomic mass is 16.5. The molecule has 2 aliphatic heterocycles. The predicted octanol–water partition coefficient (Wildman–Crippen LogP) is 5.78. The molecule has 3 heteroatoms. The Balaban J connectivity index is 1.26. The highest BCUT2D eigenvalue weighted by Gasteiger charge is 2.55. The zero-order chi connectivity index (χ0) is 22.3. The van der Waals surface area contributed by atoms with Crippen molar-refractivity contribution in [2.45, 2.75) is 116 Å². The average Bonchev–Trinajstić information content (AvgIpc) is 3.07. The smallest absolute Gasteiger partial charge is 0.0741 e. The molecule has 178 valence electrons. The Kier molecular flexibility index (Phi) is 5.25. The first-order valence-electron chi connectivity index (χ1n) is 13.8. The van der Waals surface area contributed by atoms with Gasteiger partial charge < -0.3 is 15.2 Å². The van der Waals surface area contributed by atoms with E-state index in [1.54, 1.807) is 11.1 Å². The van der Waals surface area contributed by atoms with Gasteiger partial charge in [-0.1, -0.05) is 43.6 Å². The number of nitrogens with one attached hydrogen (secondary N) is 1. The second-order valence-corrected chi connectivity index (χ2v) is 13.2. The van der Waals surface area contributed by atoms with Crippen LogP contribution in [0.4, 0.5) is 0 Å². The van der Waals surface area contributed by atoms with Crippen molar-refractivity contribution in [3.05, 3.63) is 22.8 Å². The van der Waals surface area contributed by atoms with Gasteiger partial charge in [-0.25, -0.2) is 0 Å². The van der Waals surface area contributed by atoms with E-state index >= 15 is 0 Å². The first kappa shape index (κ1) is 21.9. The fourth-order valence-corrected chi connectivity index (χ4v) is 9.46. The molecule has 6 aliphatic rings. The lowest BCUT2D eigenvalue weighted by atomic mass is 9.56. The minimum atomic E-state index is -0.107. The van der Waals surface area contributed by atoms with Gasteiger partial charge >= 0.3 is 0 Å². The largest absolute Gasteiger partial charge is 0.393 e. The molecule has 4 fully saturated rings. The molecule has 0 aromatic rings. The lowest BCUT2D eigenvalue weighted by Crippen LogP contribution is -2.60. The third-order valence-corrected chi connectivity index (χ3v) is 11.1. The summed E-state index contributed by atoms with van der Waals surface area (Å²) in [5.41, 5.74) is 5.47. The fourth-order valence-electron chi connectivity index (χ4n) is 9.46. The number of piperidine rings is 1. The number of rotatable bonds is 0. The number of hydrogen-bond donors (Lipinski definition) is 2. The zero-order valence-corrected chi connectivity index (χ0v) is 20.8. The second-order valence-electron chi connectivity index (χ2n) is 13.2. The van der Waals surface area contributed by atoms with Crippen molar-refractivity contribution in [2.75, 3.05) is 6.54 Å². The van der Waals surface area contributed by atoms with Crippen molar-refractivity contribution in [1.82, 2.24) is 5.32 Å². The monoisotopic (exact) mass is 439 g/mol. The van der Waals surface area contributed by atoms with E-state index in [4.69, 9.17) is 4.74 Å². The molecule has 0 bridgehead atoms. The van der Waals surface area contributed by atoms with Gasteiger partial charge in [-0.3, -0.25) is 0 Å². The molecule has 2 N–H and O–H groups in total. The van der Waals surface area contributed by atoms with E-state index in [9.17, 15) is 5.11 Å². The zero-order valence-electron chi connectivity index (χ0n) is 20.8. The molecule has 0 aromatic heterocycles. The Hall–Kier alpha value is -0.640. The van der Waals surface area contributed by atoms with Crippen LogP contribution in [-0.2, 0) is 4.74 Å². The molecule has 2 saturated heterocycles. The van der Waals surface area contributed by atoms with Crippen LogP contribution in [0.15, 0.2) is 22.8 Å². The maximum atomic E-state index is 10.3. The Labute approximate surface area is 195 Å². The third kappa shape index (κ3) is 3.32. The fraction of sp³-hybridized carbons (Fsp3) is 0.862. The molecule has 3 nitrogen and oxygen atoms in total. The van der Waals surface area contributed by atoms with Crippen LogP contribution in [0.1, 0.15) is 91.9 Å². The summed E-state index contributed by atoms with van der Waals surface area (Å²) in [6, 6.07) is 0.556. The summed E-state index contributed by atoms with van der Waals surface area (Å²) in [5.74, 6) is 3.79. The van der Waals surface area contributed by atoms with Crippen molar-refractivity contribution >= 4 is 0 Å².